The highest BCUT2D eigenvalue weighted by Crippen LogP contribution is 2.29. The van der Waals surface area contributed by atoms with Gasteiger partial charge in [-0.1, -0.05) is 17.4 Å². The van der Waals surface area contributed by atoms with Gasteiger partial charge in [0.15, 0.2) is 10.8 Å². The first-order valence-corrected chi connectivity index (χ1v) is 8.41. The van der Waals surface area contributed by atoms with Gasteiger partial charge in [0.2, 0.25) is 5.13 Å². The normalized spacial score (nSPS) is 14.4. The van der Waals surface area contributed by atoms with Gasteiger partial charge in [0, 0.05) is 32.3 Å². The molecule has 1 N–H and O–H groups in total. The number of anilines is 1. The Morgan fingerprint density at radius 2 is 2.20 bits per heavy atom. The fourth-order valence-electron chi connectivity index (χ4n) is 2.61. The Kier molecular flexibility index (Phi) is 3.88. The van der Waals surface area contributed by atoms with Crippen LogP contribution in [0.25, 0.3) is 10.7 Å². The highest BCUT2D eigenvalue weighted by molar-refractivity contribution is 7.18. The molecule has 0 aromatic carbocycles. The lowest BCUT2D eigenvalue weighted by Gasteiger charge is -2.37. The van der Waals surface area contributed by atoms with Crippen molar-refractivity contribution < 1.29 is 9.18 Å². The van der Waals surface area contributed by atoms with Gasteiger partial charge in [0.1, 0.15) is 11.4 Å². The van der Waals surface area contributed by atoms with Gasteiger partial charge in [0.25, 0.3) is 0 Å². The van der Waals surface area contributed by atoms with Crippen molar-refractivity contribution in [2.75, 3.05) is 18.4 Å². The Balaban J connectivity index is 1.36. The minimum atomic E-state index is -0.336. The summed E-state index contributed by atoms with van der Waals surface area (Å²) < 4.78 is 15.1. The summed E-state index contributed by atoms with van der Waals surface area (Å²) >= 11 is 1.25. The molecule has 3 aromatic heterocycles. The lowest BCUT2D eigenvalue weighted by atomic mass is 9.97. The van der Waals surface area contributed by atoms with Gasteiger partial charge >= 0.3 is 6.03 Å². The van der Waals surface area contributed by atoms with Crippen LogP contribution in [0.5, 0.6) is 0 Å². The summed E-state index contributed by atoms with van der Waals surface area (Å²) in [5, 5.41) is 15.8. The van der Waals surface area contributed by atoms with E-state index in [0.29, 0.717) is 34.6 Å². The van der Waals surface area contributed by atoms with E-state index >= 15 is 0 Å². The maximum atomic E-state index is 13.7. The Labute approximate surface area is 146 Å². The van der Waals surface area contributed by atoms with E-state index in [0.717, 1.165) is 0 Å². The number of hydrogen-bond acceptors (Lipinski definition) is 6. The van der Waals surface area contributed by atoms with E-state index in [4.69, 9.17) is 0 Å². The van der Waals surface area contributed by atoms with E-state index in [1.54, 1.807) is 18.1 Å². The van der Waals surface area contributed by atoms with Gasteiger partial charge in [-0.3, -0.25) is 15.0 Å². The number of amides is 2. The molecule has 25 heavy (non-hydrogen) atoms. The third-order valence-corrected chi connectivity index (χ3v) is 4.75. The quantitative estimate of drug-likeness (QED) is 0.774. The summed E-state index contributed by atoms with van der Waals surface area (Å²) in [5.41, 5.74) is 1.11. The first-order chi connectivity index (χ1) is 12.1. The second-order valence-electron chi connectivity index (χ2n) is 5.70. The number of likely N-dealkylation sites (tertiary alicyclic amines) is 1. The van der Waals surface area contributed by atoms with Crippen LogP contribution >= 0.6 is 11.3 Å². The zero-order chi connectivity index (χ0) is 17.4. The standard InChI is InChI=1S/C15H14FN7OS/c1-22-8-10(16)12(21-22)9-6-23(7-9)15(24)18-14-20-19-13(25-14)11-4-2-3-5-17-11/h2-5,8-9H,6-7H2,1H3,(H,18,20,24). The summed E-state index contributed by atoms with van der Waals surface area (Å²) in [7, 11) is 1.67. The predicted octanol–water partition coefficient (Wildman–Crippen LogP) is 2.10. The molecule has 3 aromatic rings. The molecule has 0 radical (unpaired) electrons. The van der Waals surface area contributed by atoms with Gasteiger partial charge in [-0.25, -0.2) is 9.18 Å². The van der Waals surface area contributed by atoms with Gasteiger partial charge in [-0.05, 0) is 12.1 Å². The number of nitrogens with zero attached hydrogens (tertiary/aromatic N) is 6. The van der Waals surface area contributed by atoms with Crippen LogP contribution in [-0.4, -0.2) is 49.0 Å². The fourth-order valence-corrected chi connectivity index (χ4v) is 3.32. The van der Waals surface area contributed by atoms with Crippen LogP contribution in [0.15, 0.2) is 30.6 Å². The molecule has 0 spiro atoms. The number of hydrogen-bond donors (Lipinski definition) is 1. The van der Waals surface area contributed by atoms with Crippen molar-refractivity contribution in [3.8, 4) is 10.7 Å². The minimum Gasteiger partial charge on any atom is -0.323 e. The summed E-state index contributed by atoms with van der Waals surface area (Å²) in [6.07, 6.45) is 3.00. The number of carbonyl (C=O) groups excluding carboxylic acids is 1. The van der Waals surface area contributed by atoms with Gasteiger partial charge in [-0.2, -0.15) is 5.10 Å². The van der Waals surface area contributed by atoms with E-state index in [1.165, 1.54) is 22.2 Å². The highest BCUT2D eigenvalue weighted by Gasteiger charge is 2.35. The summed E-state index contributed by atoms with van der Waals surface area (Å²) in [5.74, 6) is -0.415. The molecule has 4 heterocycles. The molecular formula is C15H14FN7OS. The van der Waals surface area contributed by atoms with Crippen molar-refractivity contribution in [2.24, 2.45) is 7.05 Å². The SMILES string of the molecule is Cn1cc(F)c(C2CN(C(=O)Nc3nnc(-c4ccccn4)s3)C2)n1. The largest absolute Gasteiger partial charge is 0.323 e. The Morgan fingerprint density at radius 3 is 2.88 bits per heavy atom. The number of pyridine rings is 1. The summed E-state index contributed by atoms with van der Waals surface area (Å²) in [4.78, 5) is 18.0. The number of nitrogens with one attached hydrogen (secondary N) is 1. The molecule has 0 bridgehead atoms. The number of urea groups is 1. The minimum absolute atomic E-state index is 0.0783. The topological polar surface area (TPSA) is 88.8 Å². The van der Waals surface area contributed by atoms with Crippen LogP contribution in [-0.2, 0) is 7.05 Å². The van der Waals surface area contributed by atoms with Crippen LogP contribution in [0, 0.1) is 5.82 Å². The van der Waals surface area contributed by atoms with Gasteiger partial charge < -0.3 is 4.90 Å². The monoisotopic (exact) mass is 359 g/mol. The van der Waals surface area contributed by atoms with Crippen LogP contribution in [0.2, 0.25) is 0 Å². The number of carbonyl (C=O) groups is 1. The molecule has 1 aliphatic heterocycles. The smallest absolute Gasteiger partial charge is 0.323 e. The van der Waals surface area contributed by atoms with Crippen LogP contribution in [0.3, 0.4) is 0 Å². The van der Waals surface area contributed by atoms with Crippen LogP contribution in [0.4, 0.5) is 14.3 Å². The van der Waals surface area contributed by atoms with E-state index in [1.807, 2.05) is 18.2 Å². The first kappa shape index (κ1) is 15.6. The van der Waals surface area contributed by atoms with Crippen LogP contribution in [0.1, 0.15) is 11.6 Å². The summed E-state index contributed by atoms with van der Waals surface area (Å²) in [6.45, 7) is 0.845. The average molecular weight is 359 g/mol. The van der Waals surface area contributed by atoms with Gasteiger partial charge in [-0.15, -0.1) is 10.2 Å². The second-order valence-corrected chi connectivity index (χ2v) is 6.67. The number of rotatable bonds is 3. The van der Waals surface area contributed by atoms with E-state index in [2.05, 4.69) is 25.6 Å². The number of aryl methyl sites for hydroxylation is 1. The third-order valence-electron chi connectivity index (χ3n) is 3.89. The zero-order valence-electron chi connectivity index (χ0n) is 13.3. The Hall–Kier alpha value is -2.88. The highest BCUT2D eigenvalue weighted by atomic mass is 32.1. The molecule has 8 nitrogen and oxygen atoms in total. The Bertz CT molecular complexity index is 904. The molecule has 128 valence electrons. The molecule has 10 heteroatoms. The molecule has 0 aliphatic carbocycles. The van der Waals surface area contributed by atoms with Crippen molar-refractivity contribution in [1.82, 2.24) is 29.9 Å². The molecule has 0 unspecified atom stereocenters. The zero-order valence-corrected chi connectivity index (χ0v) is 14.1. The molecule has 0 atom stereocenters. The van der Waals surface area contributed by atoms with Crippen molar-refractivity contribution in [3.63, 3.8) is 0 Å². The number of aromatic nitrogens is 5. The Morgan fingerprint density at radius 1 is 1.36 bits per heavy atom. The lowest BCUT2D eigenvalue weighted by Crippen LogP contribution is -2.50. The molecule has 4 rings (SSSR count). The molecule has 2 amide bonds. The van der Waals surface area contributed by atoms with E-state index in [-0.39, 0.29) is 17.8 Å². The van der Waals surface area contributed by atoms with Crippen LogP contribution < -0.4 is 5.32 Å². The third kappa shape index (κ3) is 3.07. The average Bonchev–Trinajstić information content (AvgIpc) is 3.14. The van der Waals surface area contributed by atoms with Crippen molar-refractivity contribution in [2.45, 2.75) is 5.92 Å². The second kappa shape index (κ2) is 6.20. The van der Waals surface area contributed by atoms with E-state index < -0.39 is 0 Å². The number of halogens is 1. The predicted molar refractivity (Wildman–Crippen MR) is 89.6 cm³/mol. The van der Waals surface area contributed by atoms with E-state index in [9.17, 15) is 9.18 Å². The van der Waals surface area contributed by atoms with Crippen molar-refractivity contribution in [3.05, 3.63) is 42.1 Å². The van der Waals surface area contributed by atoms with Gasteiger partial charge in [0.05, 0.1) is 6.20 Å². The lowest BCUT2D eigenvalue weighted by molar-refractivity contribution is 0.160. The first-order valence-electron chi connectivity index (χ1n) is 7.60. The molecule has 1 aliphatic rings. The summed E-state index contributed by atoms with van der Waals surface area (Å²) in [6, 6.07) is 5.22. The maximum absolute atomic E-state index is 13.7. The molecular weight excluding hydrogens is 345 g/mol. The van der Waals surface area contributed by atoms with Crippen molar-refractivity contribution >= 4 is 22.5 Å². The fraction of sp³-hybridized carbons (Fsp3) is 0.267. The van der Waals surface area contributed by atoms with Crippen molar-refractivity contribution in [1.29, 1.82) is 0 Å². The molecule has 1 saturated heterocycles. The maximum Gasteiger partial charge on any atom is 0.323 e. The molecule has 1 fully saturated rings. The molecule has 0 saturated carbocycles.